The fourth-order valence-electron chi connectivity index (χ4n) is 2.41. The van der Waals surface area contributed by atoms with Crippen molar-refractivity contribution in [2.24, 2.45) is 0 Å². The van der Waals surface area contributed by atoms with Gasteiger partial charge in [0.1, 0.15) is 5.75 Å². The molecule has 0 fully saturated rings. The second-order valence-electron chi connectivity index (χ2n) is 5.61. The van der Waals surface area contributed by atoms with Gasteiger partial charge in [-0.2, -0.15) is 0 Å². The molecule has 0 aliphatic heterocycles. The van der Waals surface area contributed by atoms with Crippen LogP contribution >= 0.6 is 11.3 Å². The monoisotopic (exact) mass is 333 g/mol. The molecule has 2 amide bonds. The fourth-order valence-corrected chi connectivity index (χ4v) is 3.10. The molecule has 5 nitrogen and oxygen atoms in total. The van der Waals surface area contributed by atoms with Gasteiger partial charge in [-0.15, -0.1) is 11.3 Å². The number of benzene rings is 1. The van der Waals surface area contributed by atoms with Crippen LogP contribution in [0.25, 0.3) is 0 Å². The molecule has 124 valence electrons. The van der Waals surface area contributed by atoms with Crippen LogP contribution in [0.4, 0.5) is 4.79 Å². The highest BCUT2D eigenvalue weighted by molar-refractivity contribution is 7.09. The molecule has 1 aromatic carbocycles. The van der Waals surface area contributed by atoms with Crippen molar-refractivity contribution in [3.05, 3.63) is 45.9 Å². The Morgan fingerprint density at radius 1 is 1.48 bits per heavy atom. The molecule has 2 rings (SSSR count). The van der Waals surface area contributed by atoms with Crippen molar-refractivity contribution in [2.75, 3.05) is 20.7 Å². The zero-order chi connectivity index (χ0) is 16.8. The number of carbonyl (C=O) groups excluding carboxylic acids is 1. The second-order valence-corrected chi connectivity index (χ2v) is 6.54. The molecule has 6 heteroatoms. The fraction of sp³-hybridized carbons (Fsp3) is 0.412. The van der Waals surface area contributed by atoms with Gasteiger partial charge in [0, 0.05) is 37.6 Å². The summed E-state index contributed by atoms with van der Waals surface area (Å²) in [6.07, 6.45) is 1.79. The number of ether oxygens (including phenoxy) is 1. The number of likely N-dealkylation sites (N-methyl/N-ethyl adjacent to an activating group) is 1. The number of carbonyl (C=O) groups is 1. The average molecular weight is 333 g/mol. The van der Waals surface area contributed by atoms with Crippen LogP contribution in [0.5, 0.6) is 5.75 Å². The standard InChI is InChI=1S/C17H23N3O2S/c1-12-9-14(5-6-15(12)22-4)10-19-17(21)20(3)11-13(2)16-18-7-8-23-16/h5-9,13H,10-11H2,1-4H3,(H,19,21). The van der Waals surface area contributed by atoms with Crippen molar-refractivity contribution < 1.29 is 9.53 Å². The van der Waals surface area contributed by atoms with E-state index < -0.39 is 0 Å². The molecular formula is C17H23N3O2S. The van der Waals surface area contributed by atoms with E-state index in [0.29, 0.717) is 13.1 Å². The van der Waals surface area contributed by atoms with Gasteiger partial charge in [-0.05, 0) is 24.1 Å². The van der Waals surface area contributed by atoms with Crippen LogP contribution in [0.3, 0.4) is 0 Å². The van der Waals surface area contributed by atoms with Crippen molar-refractivity contribution in [3.63, 3.8) is 0 Å². The number of thiazole rings is 1. The minimum Gasteiger partial charge on any atom is -0.496 e. The third-order valence-electron chi connectivity index (χ3n) is 3.67. The smallest absolute Gasteiger partial charge is 0.317 e. The zero-order valence-electron chi connectivity index (χ0n) is 14.0. The lowest BCUT2D eigenvalue weighted by Gasteiger charge is -2.21. The Hall–Kier alpha value is -2.08. The highest BCUT2D eigenvalue weighted by Gasteiger charge is 2.15. The Bertz CT molecular complexity index is 643. The summed E-state index contributed by atoms with van der Waals surface area (Å²) in [6, 6.07) is 5.83. The number of urea groups is 1. The highest BCUT2D eigenvalue weighted by Crippen LogP contribution is 2.19. The van der Waals surface area contributed by atoms with Crippen molar-refractivity contribution >= 4 is 17.4 Å². The van der Waals surface area contributed by atoms with Gasteiger partial charge in [0.2, 0.25) is 0 Å². The van der Waals surface area contributed by atoms with Gasteiger partial charge in [-0.1, -0.05) is 19.1 Å². The Morgan fingerprint density at radius 3 is 2.87 bits per heavy atom. The number of methoxy groups -OCH3 is 1. The molecule has 0 saturated heterocycles. The molecule has 0 aliphatic rings. The lowest BCUT2D eigenvalue weighted by Crippen LogP contribution is -2.38. The number of hydrogen-bond donors (Lipinski definition) is 1. The minimum atomic E-state index is -0.0816. The summed E-state index contributed by atoms with van der Waals surface area (Å²) >= 11 is 1.62. The molecule has 1 N–H and O–H groups in total. The Balaban J connectivity index is 1.85. The van der Waals surface area contributed by atoms with E-state index in [4.69, 9.17) is 4.74 Å². The second kappa shape index (κ2) is 7.97. The summed E-state index contributed by atoms with van der Waals surface area (Å²) < 4.78 is 5.24. The summed E-state index contributed by atoms with van der Waals surface area (Å²) in [7, 11) is 3.46. The predicted octanol–water partition coefficient (Wildman–Crippen LogP) is 3.41. The van der Waals surface area contributed by atoms with E-state index in [-0.39, 0.29) is 11.9 Å². The van der Waals surface area contributed by atoms with Crippen LogP contribution in [0.2, 0.25) is 0 Å². The summed E-state index contributed by atoms with van der Waals surface area (Å²) in [5.74, 6) is 1.09. The number of aromatic nitrogens is 1. The maximum atomic E-state index is 12.2. The minimum absolute atomic E-state index is 0.0816. The molecule has 0 radical (unpaired) electrons. The summed E-state index contributed by atoms with van der Waals surface area (Å²) in [6.45, 7) is 5.21. The maximum Gasteiger partial charge on any atom is 0.317 e. The van der Waals surface area contributed by atoms with Crippen LogP contribution in [0.15, 0.2) is 29.8 Å². The number of nitrogens with zero attached hydrogens (tertiary/aromatic N) is 2. The topological polar surface area (TPSA) is 54.5 Å². The molecule has 2 aromatic rings. The van der Waals surface area contributed by atoms with Crippen molar-refractivity contribution in [2.45, 2.75) is 26.3 Å². The van der Waals surface area contributed by atoms with E-state index in [0.717, 1.165) is 21.9 Å². The van der Waals surface area contributed by atoms with Crippen LogP contribution in [0.1, 0.15) is 29.0 Å². The van der Waals surface area contributed by atoms with Gasteiger partial charge < -0.3 is 15.0 Å². The first-order valence-corrected chi connectivity index (χ1v) is 8.41. The Kier molecular flexibility index (Phi) is 5.98. The van der Waals surface area contributed by atoms with E-state index in [1.165, 1.54) is 0 Å². The van der Waals surface area contributed by atoms with Crippen molar-refractivity contribution in [1.82, 2.24) is 15.2 Å². The predicted molar refractivity (Wildman–Crippen MR) is 93.1 cm³/mol. The van der Waals surface area contributed by atoms with Gasteiger partial charge >= 0.3 is 6.03 Å². The number of aryl methyl sites for hydroxylation is 1. The zero-order valence-corrected chi connectivity index (χ0v) is 14.8. The van der Waals surface area contributed by atoms with Gasteiger partial charge in [0.05, 0.1) is 12.1 Å². The van der Waals surface area contributed by atoms with Gasteiger partial charge in [0.15, 0.2) is 0 Å². The Labute approximate surface area is 141 Å². The molecule has 0 bridgehead atoms. The molecule has 1 unspecified atom stereocenters. The highest BCUT2D eigenvalue weighted by atomic mass is 32.1. The first-order valence-electron chi connectivity index (χ1n) is 7.53. The van der Waals surface area contributed by atoms with E-state index in [1.807, 2.05) is 30.5 Å². The molecule has 1 atom stereocenters. The van der Waals surface area contributed by atoms with Crippen LogP contribution in [-0.2, 0) is 6.54 Å². The van der Waals surface area contributed by atoms with Crippen LogP contribution in [0, 0.1) is 6.92 Å². The number of hydrogen-bond acceptors (Lipinski definition) is 4. The summed E-state index contributed by atoms with van der Waals surface area (Å²) in [4.78, 5) is 18.2. The van der Waals surface area contributed by atoms with E-state index in [1.54, 1.807) is 36.6 Å². The van der Waals surface area contributed by atoms with Crippen molar-refractivity contribution in [3.8, 4) is 5.75 Å². The SMILES string of the molecule is COc1ccc(CNC(=O)N(C)CC(C)c2nccs2)cc1C. The largest absolute Gasteiger partial charge is 0.496 e. The molecule has 1 aromatic heterocycles. The third kappa shape index (κ3) is 4.69. The van der Waals surface area contributed by atoms with Crippen LogP contribution in [-0.4, -0.2) is 36.6 Å². The summed E-state index contributed by atoms with van der Waals surface area (Å²) in [5.41, 5.74) is 2.11. The normalized spacial score (nSPS) is 11.8. The average Bonchev–Trinajstić information content (AvgIpc) is 3.07. The lowest BCUT2D eigenvalue weighted by molar-refractivity contribution is 0.206. The maximum absolute atomic E-state index is 12.2. The van der Waals surface area contributed by atoms with E-state index in [9.17, 15) is 4.79 Å². The lowest BCUT2D eigenvalue weighted by atomic mass is 10.1. The molecule has 0 aliphatic carbocycles. The number of rotatable bonds is 6. The summed E-state index contributed by atoms with van der Waals surface area (Å²) in [5, 5.41) is 5.95. The first kappa shape index (κ1) is 17.3. The van der Waals surface area contributed by atoms with Gasteiger partial charge in [0.25, 0.3) is 0 Å². The molecular weight excluding hydrogens is 310 g/mol. The quantitative estimate of drug-likeness (QED) is 0.881. The molecule has 0 spiro atoms. The molecule has 23 heavy (non-hydrogen) atoms. The first-order chi connectivity index (χ1) is 11.0. The van der Waals surface area contributed by atoms with Gasteiger partial charge in [-0.25, -0.2) is 9.78 Å². The Morgan fingerprint density at radius 2 is 2.26 bits per heavy atom. The number of amides is 2. The number of nitrogens with one attached hydrogen (secondary N) is 1. The van der Waals surface area contributed by atoms with Crippen LogP contribution < -0.4 is 10.1 Å². The van der Waals surface area contributed by atoms with E-state index >= 15 is 0 Å². The third-order valence-corrected chi connectivity index (χ3v) is 4.68. The molecule has 1 heterocycles. The van der Waals surface area contributed by atoms with Crippen molar-refractivity contribution in [1.29, 1.82) is 0 Å². The van der Waals surface area contributed by atoms with Gasteiger partial charge in [-0.3, -0.25) is 0 Å². The van der Waals surface area contributed by atoms with E-state index in [2.05, 4.69) is 17.2 Å². The molecule has 0 saturated carbocycles.